The fraction of sp³-hybridized carbons (Fsp3) is 0.571. The van der Waals surface area contributed by atoms with Gasteiger partial charge in [-0.15, -0.1) is 0 Å². The van der Waals surface area contributed by atoms with E-state index in [0.29, 0.717) is 13.8 Å². The molecule has 0 unspecified atom stereocenters. The van der Waals surface area contributed by atoms with Gasteiger partial charge in [0, 0.05) is 11.1 Å². The van der Waals surface area contributed by atoms with E-state index in [9.17, 15) is 62.9 Å². The van der Waals surface area contributed by atoms with Gasteiger partial charge in [-0.25, -0.2) is 0 Å². The zero-order valence-electron chi connectivity index (χ0n) is 13.6. The molecule has 2 nitrogen and oxygen atoms in total. The van der Waals surface area contributed by atoms with Crippen LogP contribution >= 0.6 is 0 Å². The van der Waals surface area contributed by atoms with Crippen molar-refractivity contribution in [3.05, 3.63) is 34.4 Å². The maximum absolute atomic E-state index is 13.0. The SMILES string of the molecule is Cc1cc(C)c(C(O)(C(F)(F)F)C(F)(F)F)cc1C(O)(C(F)(F)F)C(F)(F)F. The van der Waals surface area contributed by atoms with E-state index in [2.05, 4.69) is 0 Å². The first-order valence-electron chi connectivity index (χ1n) is 6.87. The molecule has 0 aliphatic rings. The number of aliphatic hydroxyl groups is 2. The van der Waals surface area contributed by atoms with Gasteiger partial charge in [0.05, 0.1) is 0 Å². The van der Waals surface area contributed by atoms with Crippen molar-refractivity contribution in [2.75, 3.05) is 0 Å². The molecule has 0 spiro atoms. The Hall–Kier alpha value is -1.70. The maximum Gasteiger partial charge on any atom is 0.430 e. The molecule has 0 radical (unpaired) electrons. The Morgan fingerprint density at radius 1 is 0.500 bits per heavy atom. The molecule has 0 atom stereocenters. The second-order valence-electron chi connectivity index (χ2n) is 5.89. The number of halogens is 12. The minimum Gasteiger partial charge on any atom is -0.369 e. The number of hydrogen-bond acceptors (Lipinski definition) is 2. The maximum atomic E-state index is 13.0. The minimum absolute atomic E-state index is 0.134. The lowest BCUT2D eigenvalue weighted by atomic mass is 9.81. The lowest BCUT2D eigenvalue weighted by Crippen LogP contribution is -2.56. The standard InChI is InChI=1S/C14H10F12O2/c1-5-3-6(2)8(10(28,13(21,22)23)14(24,25)26)4-7(5)9(27,11(15,16)17)12(18,19)20/h3-4,27-28H,1-2H3. The molecule has 0 fully saturated rings. The highest BCUT2D eigenvalue weighted by Gasteiger charge is 2.74. The monoisotopic (exact) mass is 438 g/mol. The topological polar surface area (TPSA) is 40.5 Å². The zero-order chi connectivity index (χ0) is 22.7. The molecule has 0 aromatic heterocycles. The van der Waals surface area contributed by atoms with Crippen molar-refractivity contribution in [3.63, 3.8) is 0 Å². The average molecular weight is 438 g/mol. The zero-order valence-corrected chi connectivity index (χ0v) is 13.6. The van der Waals surface area contributed by atoms with Crippen LogP contribution in [0.25, 0.3) is 0 Å². The van der Waals surface area contributed by atoms with Crippen LogP contribution in [0, 0.1) is 13.8 Å². The van der Waals surface area contributed by atoms with Crippen molar-refractivity contribution >= 4 is 0 Å². The first kappa shape index (κ1) is 24.3. The van der Waals surface area contributed by atoms with E-state index in [-0.39, 0.29) is 6.07 Å². The van der Waals surface area contributed by atoms with E-state index in [0.717, 1.165) is 0 Å². The van der Waals surface area contributed by atoms with E-state index >= 15 is 0 Å². The molecular formula is C14H10F12O2. The first-order valence-corrected chi connectivity index (χ1v) is 6.87. The molecule has 0 bridgehead atoms. The van der Waals surface area contributed by atoms with Crippen LogP contribution in [0.5, 0.6) is 0 Å². The second kappa shape index (κ2) is 6.40. The lowest BCUT2D eigenvalue weighted by Gasteiger charge is -2.37. The van der Waals surface area contributed by atoms with Crippen molar-refractivity contribution in [2.24, 2.45) is 0 Å². The lowest BCUT2D eigenvalue weighted by molar-refractivity contribution is -0.378. The van der Waals surface area contributed by atoms with Gasteiger partial charge in [0.2, 0.25) is 0 Å². The summed E-state index contributed by atoms with van der Waals surface area (Å²) in [4.78, 5) is 0. The van der Waals surface area contributed by atoms with Crippen molar-refractivity contribution < 1.29 is 62.9 Å². The minimum atomic E-state index is -6.56. The Morgan fingerprint density at radius 3 is 0.893 bits per heavy atom. The largest absolute Gasteiger partial charge is 0.430 e. The smallest absolute Gasteiger partial charge is 0.369 e. The van der Waals surface area contributed by atoms with Crippen LogP contribution in [-0.4, -0.2) is 34.9 Å². The summed E-state index contributed by atoms with van der Waals surface area (Å²) in [6, 6.07) is -0.651. The highest BCUT2D eigenvalue weighted by atomic mass is 19.4. The van der Waals surface area contributed by atoms with Gasteiger partial charge in [-0.2, -0.15) is 52.7 Å². The molecule has 1 rings (SSSR count). The summed E-state index contributed by atoms with van der Waals surface area (Å²) in [5, 5.41) is 18.7. The van der Waals surface area contributed by atoms with E-state index in [4.69, 9.17) is 0 Å². The summed E-state index contributed by atoms with van der Waals surface area (Å²) in [5.74, 6) is 0. The molecule has 2 N–H and O–H groups in total. The molecule has 0 aliphatic heterocycles. The van der Waals surface area contributed by atoms with Crippen molar-refractivity contribution in [2.45, 2.75) is 49.8 Å². The summed E-state index contributed by atoms with van der Waals surface area (Å²) in [7, 11) is 0. The molecule has 0 aliphatic carbocycles. The van der Waals surface area contributed by atoms with E-state index in [1.807, 2.05) is 0 Å². The first-order chi connectivity index (χ1) is 12.0. The van der Waals surface area contributed by atoms with Gasteiger partial charge >= 0.3 is 24.7 Å². The van der Waals surface area contributed by atoms with Crippen LogP contribution in [0.15, 0.2) is 12.1 Å². The predicted molar refractivity (Wildman–Crippen MR) is 67.9 cm³/mol. The number of hydrogen-bond donors (Lipinski definition) is 2. The summed E-state index contributed by atoms with van der Waals surface area (Å²) in [5.41, 5.74) is -18.5. The molecule has 0 amide bonds. The molecular weight excluding hydrogens is 428 g/mol. The van der Waals surface area contributed by atoms with Crippen LogP contribution < -0.4 is 0 Å². The number of rotatable bonds is 2. The van der Waals surface area contributed by atoms with Crippen molar-refractivity contribution in [1.82, 2.24) is 0 Å². The number of alkyl halides is 12. The van der Waals surface area contributed by atoms with Gasteiger partial charge in [0.25, 0.3) is 11.2 Å². The Morgan fingerprint density at radius 2 is 0.714 bits per heavy atom. The fourth-order valence-electron chi connectivity index (χ4n) is 2.56. The van der Waals surface area contributed by atoms with Gasteiger partial charge < -0.3 is 10.2 Å². The van der Waals surface area contributed by atoms with Crippen LogP contribution in [0.1, 0.15) is 22.3 Å². The third-order valence-electron chi connectivity index (χ3n) is 3.99. The van der Waals surface area contributed by atoms with Gasteiger partial charge in [-0.3, -0.25) is 0 Å². The summed E-state index contributed by atoms with van der Waals surface area (Å²) < 4.78 is 156. The van der Waals surface area contributed by atoms with Gasteiger partial charge in [0.1, 0.15) is 0 Å². The molecule has 0 saturated carbocycles. The van der Waals surface area contributed by atoms with Gasteiger partial charge in [-0.05, 0) is 31.0 Å². The molecule has 1 aromatic carbocycles. The van der Waals surface area contributed by atoms with Crippen LogP contribution in [0.4, 0.5) is 52.7 Å². The Bertz CT molecular complexity index is 652. The van der Waals surface area contributed by atoms with Crippen molar-refractivity contribution in [1.29, 1.82) is 0 Å². The third-order valence-corrected chi connectivity index (χ3v) is 3.99. The quantitative estimate of drug-likeness (QED) is 0.644. The molecule has 1 aromatic rings. The van der Waals surface area contributed by atoms with E-state index in [1.165, 1.54) is 0 Å². The van der Waals surface area contributed by atoms with Crippen molar-refractivity contribution in [3.8, 4) is 0 Å². The predicted octanol–water partition coefficient (Wildman–Crippen LogP) is 4.93. The summed E-state index contributed by atoms with van der Waals surface area (Å²) in [6.45, 7) is 1.02. The number of benzene rings is 1. The van der Waals surface area contributed by atoms with E-state index < -0.39 is 64.2 Å². The fourth-order valence-corrected chi connectivity index (χ4v) is 2.56. The van der Waals surface area contributed by atoms with E-state index in [1.54, 1.807) is 0 Å². The third kappa shape index (κ3) is 3.40. The molecule has 162 valence electrons. The Kier molecular flexibility index (Phi) is 5.57. The highest BCUT2D eigenvalue weighted by Crippen LogP contribution is 2.55. The van der Waals surface area contributed by atoms with Gasteiger partial charge in [-0.1, -0.05) is 6.07 Å². The highest BCUT2D eigenvalue weighted by molar-refractivity contribution is 5.45. The van der Waals surface area contributed by atoms with Gasteiger partial charge in [0.15, 0.2) is 0 Å². The molecule has 14 heteroatoms. The summed E-state index contributed by atoms with van der Waals surface area (Å²) >= 11 is 0. The Labute approximate surface area is 148 Å². The second-order valence-corrected chi connectivity index (χ2v) is 5.89. The normalized spacial score (nSPS) is 15.1. The Balaban J connectivity index is 4.08. The average Bonchev–Trinajstić information content (AvgIpc) is 2.41. The summed E-state index contributed by atoms with van der Waals surface area (Å²) in [6.07, 6.45) is -26.2. The molecule has 0 heterocycles. The number of aryl methyl sites for hydroxylation is 2. The van der Waals surface area contributed by atoms with Crippen LogP contribution in [0.2, 0.25) is 0 Å². The van der Waals surface area contributed by atoms with Crippen LogP contribution in [-0.2, 0) is 11.2 Å². The molecule has 0 saturated heterocycles. The molecule has 28 heavy (non-hydrogen) atoms. The van der Waals surface area contributed by atoms with Crippen LogP contribution in [0.3, 0.4) is 0 Å².